The highest BCUT2D eigenvalue weighted by molar-refractivity contribution is 5.84. The third-order valence-corrected chi connectivity index (χ3v) is 9.45. The van der Waals surface area contributed by atoms with Gasteiger partial charge in [-0.2, -0.15) is 0 Å². The normalized spacial score (nSPS) is 11.0. The van der Waals surface area contributed by atoms with Crippen molar-refractivity contribution in [2.24, 2.45) is 0 Å². The monoisotopic (exact) mass is 691 g/mol. The summed E-state index contributed by atoms with van der Waals surface area (Å²) in [5.74, 6) is 0.686. The Hall–Kier alpha value is -7.37. The maximum atomic E-state index is 5.10. The molecule has 4 aromatic heterocycles. The fraction of sp³-hybridized carbons (Fsp3) is 0. The van der Waals surface area contributed by atoms with E-state index in [1.165, 1.54) is 0 Å². The molecule has 0 bridgehead atoms. The lowest BCUT2D eigenvalue weighted by atomic mass is 9.96. The third-order valence-electron chi connectivity index (χ3n) is 9.45. The minimum absolute atomic E-state index is 0.686. The van der Waals surface area contributed by atoms with Crippen LogP contribution in [0, 0.1) is 0 Å². The molecule has 0 unspecified atom stereocenters. The van der Waals surface area contributed by atoms with Gasteiger partial charge in [0.1, 0.15) is 0 Å². The first-order valence-corrected chi connectivity index (χ1v) is 17.9. The Kier molecular flexibility index (Phi) is 8.86. The molecule has 0 atom stereocenters. The Bertz CT molecular complexity index is 2550. The van der Waals surface area contributed by atoms with Crippen molar-refractivity contribution in [3.05, 3.63) is 200 Å². The van der Waals surface area contributed by atoms with Crippen LogP contribution in [-0.2, 0) is 0 Å². The first-order chi connectivity index (χ1) is 26.7. The topological polar surface area (TPSA) is 64.5 Å². The van der Waals surface area contributed by atoms with Gasteiger partial charge in [0.25, 0.3) is 0 Å². The van der Waals surface area contributed by atoms with Gasteiger partial charge in [0, 0.05) is 34.6 Å². The van der Waals surface area contributed by atoms with Crippen LogP contribution in [0.4, 0.5) is 0 Å². The molecule has 0 saturated heterocycles. The maximum Gasteiger partial charge on any atom is 0.161 e. The molecule has 0 spiro atoms. The molecule has 54 heavy (non-hydrogen) atoms. The van der Waals surface area contributed by atoms with Crippen LogP contribution in [0.15, 0.2) is 200 Å². The highest BCUT2D eigenvalue weighted by Crippen LogP contribution is 2.35. The molecule has 5 aromatic carbocycles. The van der Waals surface area contributed by atoms with Crippen molar-refractivity contribution in [2.75, 3.05) is 0 Å². The minimum atomic E-state index is 0.686. The molecule has 0 aliphatic carbocycles. The average molecular weight is 692 g/mol. The van der Waals surface area contributed by atoms with Gasteiger partial charge in [-0.3, -0.25) is 9.97 Å². The largest absolute Gasteiger partial charge is 0.255 e. The van der Waals surface area contributed by atoms with Gasteiger partial charge in [0.15, 0.2) is 5.82 Å². The fourth-order valence-corrected chi connectivity index (χ4v) is 6.67. The lowest BCUT2D eigenvalue weighted by Gasteiger charge is -2.13. The van der Waals surface area contributed by atoms with Crippen LogP contribution in [0.1, 0.15) is 0 Å². The van der Waals surface area contributed by atoms with Crippen molar-refractivity contribution in [1.82, 2.24) is 24.9 Å². The zero-order valence-corrected chi connectivity index (χ0v) is 29.3. The van der Waals surface area contributed by atoms with Gasteiger partial charge < -0.3 is 0 Å². The Morgan fingerprint density at radius 1 is 0.259 bits per heavy atom. The van der Waals surface area contributed by atoms with E-state index in [1.807, 2.05) is 91.1 Å². The van der Waals surface area contributed by atoms with Crippen LogP contribution in [0.5, 0.6) is 0 Å². The Labute approximate surface area is 314 Å². The second-order valence-electron chi connectivity index (χ2n) is 13.0. The smallest absolute Gasteiger partial charge is 0.161 e. The van der Waals surface area contributed by atoms with Crippen molar-refractivity contribution in [3.8, 4) is 90.1 Å². The minimum Gasteiger partial charge on any atom is -0.255 e. The van der Waals surface area contributed by atoms with Gasteiger partial charge in [-0.1, -0.05) is 152 Å². The van der Waals surface area contributed by atoms with Crippen molar-refractivity contribution >= 4 is 0 Å². The first-order valence-electron chi connectivity index (χ1n) is 17.9. The van der Waals surface area contributed by atoms with E-state index in [2.05, 4.69) is 108 Å². The van der Waals surface area contributed by atoms with Crippen molar-refractivity contribution in [3.63, 3.8) is 0 Å². The van der Waals surface area contributed by atoms with Gasteiger partial charge in [-0.25, -0.2) is 15.0 Å². The molecule has 5 nitrogen and oxygen atoms in total. The molecule has 0 aliphatic rings. The molecule has 0 saturated carbocycles. The summed E-state index contributed by atoms with van der Waals surface area (Å²) in [5.41, 5.74) is 14.5. The van der Waals surface area contributed by atoms with E-state index < -0.39 is 0 Å². The summed E-state index contributed by atoms with van der Waals surface area (Å²) in [4.78, 5) is 24.7. The van der Waals surface area contributed by atoms with E-state index in [9.17, 15) is 0 Å². The Morgan fingerprint density at radius 3 is 1.33 bits per heavy atom. The molecule has 9 aromatic rings. The van der Waals surface area contributed by atoms with Gasteiger partial charge in [-0.05, 0) is 64.2 Å². The SMILES string of the molecule is c1ccc(-c2cc(-c3ccccn3)nc(-c3ccc(-c4ccc(-c5ccccc5-c5nc(-c6ccccc6)cc(-c6ccccc6)n5)cc4)cn3)c2)cc1. The van der Waals surface area contributed by atoms with Crippen molar-refractivity contribution in [2.45, 2.75) is 0 Å². The second kappa shape index (κ2) is 14.7. The van der Waals surface area contributed by atoms with Crippen LogP contribution in [0.2, 0.25) is 0 Å². The van der Waals surface area contributed by atoms with Gasteiger partial charge in [0.05, 0.1) is 34.2 Å². The summed E-state index contributed by atoms with van der Waals surface area (Å²) in [6.07, 6.45) is 3.71. The number of hydrogen-bond acceptors (Lipinski definition) is 5. The van der Waals surface area contributed by atoms with E-state index in [1.54, 1.807) is 6.20 Å². The van der Waals surface area contributed by atoms with Gasteiger partial charge >= 0.3 is 0 Å². The molecule has 0 aliphatic heterocycles. The van der Waals surface area contributed by atoms with E-state index in [0.29, 0.717) is 5.82 Å². The molecular weight excluding hydrogens is 659 g/mol. The number of hydrogen-bond donors (Lipinski definition) is 0. The van der Waals surface area contributed by atoms with E-state index >= 15 is 0 Å². The second-order valence-corrected chi connectivity index (χ2v) is 13.0. The van der Waals surface area contributed by atoms with Crippen LogP contribution >= 0.6 is 0 Å². The Morgan fingerprint density at radius 2 is 0.759 bits per heavy atom. The van der Waals surface area contributed by atoms with E-state index in [4.69, 9.17) is 19.9 Å². The number of aromatic nitrogens is 5. The molecule has 0 fully saturated rings. The summed E-state index contributed by atoms with van der Waals surface area (Å²) in [6, 6.07) is 64.1. The lowest BCUT2D eigenvalue weighted by Crippen LogP contribution is -1.97. The molecule has 0 radical (unpaired) electrons. The zero-order chi connectivity index (χ0) is 36.1. The Balaban J connectivity index is 1.04. The maximum absolute atomic E-state index is 5.10. The quantitative estimate of drug-likeness (QED) is 0.159. The highest BCUT2D eigenvalue weighted by atomic mass is 14.9. The summed E-state index contributed by atoms with van der Waals surface area (Å²) in [5, 5.41) is 0. The number of rotatable bonds is 8. The molecular formula is C49H33N5. The summed E-state index contributed by atoms with van der Waals surface area (Å²) >= 11 is 0. The molecule has 254 valence electrons. The van der Waals surface area contributed by atoms with E-state index in [-0.39, 0.29) is 0 Å². The number of benzene rings is 5. The zero-order valence-electron chi connectivity index (χ0n) is 29.3. The van der Waals surface area contributed by atoms with Crippen molar-refractivity contribution in [1.29, 1.82) is 0 Å². The molecule has 0 N–H and O–H groups in total. The first kappa shape index (κ1) is 32.5. The molecule has 9 rings (SSSR count). The predicted molar refractivity (Wildman–Crippen MR) is 219 cm³/mol. The van der Waals surface area contributed by atoms with Gasteiger partial charge in [-0.15, -0.1) is 0 Å². The standard InChI is InChI=1S/C49H33N5/c1-4-14-34(15-5-1)40-30-47(43-22-12-13-29-50-43)52-48(31-40)44-28-27-39(33-51-44)35-23-25-36(26-24-35)41-20-10-11-21-42(41)49-53-45(37-16-6-2-7-17-37)32-46(54-49)38-18-8-3-9-19-38/h1-33H. The van der Waals surface area contributed by atoms with Crippen LogP contribution < -0.4 is 0 Å². The van der Waals surface area contributed by atoms with Crippen LogP contribution in [0.25, 0.3) is 90.1 Å². The number of nitrogens with zero attached hydrogens (tertiary/aromatic N) is 5. The van der Waals surface area contributed by atoms with Gasteiger partial charge in [0.2, 0.25) is 0 Å². The summed E-state index contributed by atoms with van der Waals surface area (Å²) < 4.78 is 0. The van der Waals surface area contributed by atoms with Crippen LogP contribution in [0.3, 0.4) is 0 Å². The summed E-state index contributed by atoms with van der Waals surface area (Å²) in [7, 11) is 0. The molecule has 4 heterocycles. The van der Waals surface area contributed by atoms with Crippen molar-refractivity contribution < 1.29 is 0 Å². The fourth-order valence-electron chi connectivity index (χ4n) is 6.67. The highest BCUT2D eigenvalue weighted by Gasteiger charge is 2.15. The molecule has 0 amide bonds. The third kappa shape index (κ3) is 6.82. The number of pyridine rings is 3. The predicted octanol–water partition coefficient (Wildman–Crippen LogP) is 12.0. The van der Waals surface area contributed by atoms with Crippen LogP contribution in [-0.4, -0.2) is 24.9 Å². The summed E-state index contributed by atoms with van der Waals surface area (Å²) in [6.45, 7) is 0. The lowest BCUT2D eigenvalue weighted by molar-refractivity contribution is 1.18. The average Bonchev–Trinajstić information content (AvgIpc) is 3.27. The van der Waals surface area contributed by atoms with E-state index in [0.717, 1.165) is 84.2 Å². The molecule has 5 heteroatoms.